The number of halogens is 1. The molecule has 0 radical (unpaired) electrons. The molecule has 3 aromatic rings. The van der Waals surface area contributed by atoms with Gasteiger partial charge in [-0.15, -0.1) is 0 Å². The van der Waals surface area contributed by atoms with Crippen LogP contribution in [0.5, 0.6) is 0 Å². The molecule has 1 amide bonds. The number of aryl methyl sites for hydroxylation is 1. The smallest absolute Gasteiger partial charge is 0.272 e. The Hall–Kier alpha value is -2.60. The summed E-state index contributed by atoms with van der Waals surface area (Å²) in [7, 11) is 1.83. The number of amides is 1. The van der Waals surface area contributed by atoms with E-state index in [0.717, 1.165) is 41.4 Å². The lowest BCUT2D eigenvalue weighted by atomic mass is 9.97. The third kappa shape index (κ3) is 4.29. The third-order valence-electron chi connectivity index (χ3n) is 5.66. The van der Waals surface area contributed by atoms with Crippen LogP contribution in [0.25, 0.3) is 0 Å². The highest BCUT2D eigenvalue weighted by Crippen LogP contribution is 2.29. The summed E-state index contributed by atoms with van der Waals surface area (Å²) in [6.45, 7) is 5.50. The molecular weight excluding hydrogens is 400 g/mol. The number of hydrogen-bond donors (Lipinski definition) is 0. The fraction of sp³-hybridized carbons (Fsp3) is 0.435. The standard InChI is InChI=1S/C23H27ClN4O2/c1-15(2)20-12-21(27(3)26-20)23(29)28-10-6-8-17(14-28)22-25-13-18(30-22)11-16-7-4-5-9-19(16)24/h4-5,7,9,12-13,15,17H,6,8,10-11,14H2,1-3H3/t17-/m0/s1. The summed E-state index contributed by atoms with van der Waals surface area (Å²) < 4.78 is 7.74. The Morgan fingerprint density at radius 2 is 2.13 bits per heavy atom. The van der Waals surface area contributed by atoms with Crippen LogP contribution < -0.4 is 0 Å². The first-order valence-electron chi connectivity index (χ1n) is 10.4. The highest BCUT2D eigenvalue weighted by Gasteiger charge is 2.30. The molecule has 0 N–H and O–H groups in total. The van der Waals surface area contributed by atoms with Gasteiger partial charge in [0, 0.05) is 31.6 Å². The maximum Gasteiger partial charge on any atom is 0.272 e. The van der Waals surface area contributed by atoms with Crippen LogP contribution in [-0.2, 0) is 13.5 Å². The Labute approximate surface area is 181 Å². The zero-order chi connectivity index (χ0) is 21.3. The van der Waals surface area contributed by atoms with Gasteiger partial charge in [0.15, 0.2) is 5.89 Å². The van der Waals surface area contributed by atoms with E-state index in [-0.39, 0.29) is 17.7 Å². The highest BCUT2D eigenvalue weighted by atomic mass is 35.5. The lowest BCUT2D eigenvalue weighted by molar-refractivity contribution is 0.0686. The molecule has 0 spiro atoms. The SMILES string of the molecule is CC(C)c1cc(C(=O)N2CCC[C@H](c3ncc(Cc4ccccc4Cl)o3)C2)n(C)n1. The molecule has 1 fully saturated rings. The van der Waals surface area contributed by atoms with Crippen LogP contribution >= 0.6 is 11.6 Å². The monoisotopic (exact) mass is 426 g/mol. The maximum atomic E-state index is 13.1. The molecule has 7 heteroatoms. The van der Waals surface area contributed by atoms with Crippen LogP contribution in [0.1, 0.15) is 71.9 Å². The van der Waals surface area contributed by atoms with Crippen molar-refractivity contribution in [2.45, 2.75) is 44.9 Å². The van der Waals surface area contributed by atoms with Crippen molar-refractivity contribution in [3.05, 3.63) is 70.2 Å². The number of carbonyl (C=O) groups is 1. The van der Waals surface area contributed by atoms with Crippen LogP contribution in [0.3, 0.4) is 0 Å². The quantitative estimate of drug-likeness (QED) is 0.588. The van der Waals surface area contributed by atoms with Crippen LogP contribution in [0, 0.1) is 0 Å². The van der Waals surface area contributed by atoms with Crippen molar-refractivity contribution in [1.29, 1.82) is 0 Å². The molecule has 0 unspecified atom stereocenters. The average Bonchev–Trinajstić information content (AvgIpc) is 3.36. The minimum atomic E-state index is 0.0180. The number of hydrogen-bond acceptors (Lipinski definition) is 4. The molecular formula is C23H27ClN4O2. The van der Waals surface area contributed by atoms with E-state index in [4.69, 9.17) is 16.0 Å². The van der Waals surface area contributed by atoms with E-state index in [0.29, 0.717) is 24.6 Å². The Morgan fingerprint density at radius 1 is 1.33 bits per heavy atom. The maximum absolute atomic E-state index is 13.1. The van der Waals surface area contributed by atoms with E-state index >= 15 is 0 Å². The summed E-state index contributed by atoms with van der Waals surface area (Å²) in [6.07, 6.45) is 4.26. The van der Waals surface area contributed by atoms with Gasteiger partial charge in [-0.3, -0.25) is 9.48 Å². The molecule has 0 bridgehead atoms. The summed E-state index contributed by atoms with van der Waals surface area (Å²) in [5.41, 5.74) is 2.58. The van der Waals surface area contributed by atoms with Gasteiger partial charge in [0.1, 0.15) is 11.5 Å². The van der Waals surface area contributed by atoms with Crippen molar-refractivity contribution in [1.82, 2.24) is 19.7 Å². The van der Waals surface area contributed by atoms with Crippen LogP contribution in [0.15, 0.2) is 40.9 Å². The van der Waals surface area contributed by atoms with Gasteiger partial charge >= 0.3 is 0 Å². The van der Waals surface area contributed by atoms with Gasteiger partial charge in [-0.05, 0) is 36.5 Å². The summed E-state index contributed by atoms with van der Waals surface area (Å²) in [5, 5.41) is 5.20. The van der Waals surface area contributed by atoms with E-state index in [2.05, 4.69) is 23.9 Å². The Bertz CT molecular complexity index is 1040. The summed E-state index contributed by atoms with van der Waals surface area (Å²) >= 11 is 6.26. The van der Waals surface area contributed by atoms with Crippen molar-refractivity contribution in [3.63, 3.8) is 0 Å². The van der Waals surface area contributed by atoms with Gasteiger partial charge in [-0.1, -0.05) is 43.6 Å². The minimum Gasteiger partial charge on any atom is -0.445 e. The predicted molar refractivity (Wildman–Crippen MR) is 116 cm³/mol. The summed E-state index contributed by atoms with van der Waals surface area (Å²) in [4.78, 5) is 19.5. The average molecular weight is 427 g/mol. The lowest BCUT2D eigenvalue weighted by Crippen LogP contribution is -2.40. The fourth-order valence-electron chi connectivity index (χ4n) is 3.92. The number of oxazole rings is 1. The molecule has 1 saturated heterocycles. The van der Waals surface area contributed by atoms with Crippen molar-refractivity contribution >= 4 is 17.5 Å². The topological polar surface area (TPSA) is 64.2 Å². The van der Waals surface area contributed by atoms with Crippen LogP contribution in [0.4, 0.5) is 0 Å². The summed E-state index contributed by atoms with van der Waals surface area (Å²) in [5.74, 6) is 1.89. The van der Waals surface area contributed by atoms with Crippen molar-refractivity contribution in [3.8, 4) is 0 Å². The van der Waals surface area contributed by atoms with E-state index in [9.17, 15) is 4.79 Å². The summed E-state index contributed by atoms with van der Waals surface area (Å²) in [6, 6.07) is 9.65. The van der Waals surface area contributed by atoms with Gasteiger partial charge in [0.25, 0.3) is 5.91 Å². The Balaban J connectivity index is 1.46. The first kappa shape index (κ1) is 20.7. The normalized spacial score (nSPS) is 17.0. The first-order chi connectivity index (χ1) is 14.4. The highest BCUT2D eigenvalue weighted by molar-refractivity contribution is 6.31. The lowest BCUT2D eigenvalue weighted by Gasteiger charge is -2.31. The molecule has 1 atom stereocenters. The Kier molecular flexibility index (Phi) is 5.95. The zero-order valence-corrected chi connectivity index (χ0v) is 18.4. The predicted octanol–water partition coefficient (Wildman–Crippen LogP) is 4.80. The number of benzene rings is 1. The third-order valence-corrected chi connectivity index (χ3v) is 6.03. The van der Waals surface area contributed by atoms with Crippen molar-refractivity contribution in [2.24, 2.45) is 7.05 Å². The van der Waals surface area contributed by atoms with Gasteiger partial charge in [0.2, 0.25) is 0 Å². The number of rotatable bonds is 5. The number of likely N-dealkylation sites (tertiary alicyclic amines) is 1. The molecule has 30 heavy (non-hydrogen) atoms. The Morgan fingerprint density at radius 3 is 2.87 bits per heavy atom. The van der Waals surface area contributed by atoms with Gasteiger partial charge < -0.3 is 9.32 Å². The molecule has 1 aliphatic rings. The van der Waals surface area contributed by atoms with Crippen LogP contribution in [-0.4, -0.2) is 38.7 Å². The first-order valence-corrected chi connectivity index (χ1v) is 10.8. The number of nitrogens with zero attached hydrogens (tertiary/aromatic N) is 4. The van der Waals surface area contributed by atoms with Crippen molar-refractivity contribution in [2.75, 3.05) is 13.1 Å². The van der Waals surface area contributed by atoms with Crippen LogP contribution in [0.2, 0.25) is 5.02 Å². The number of carbonyl (C=O) groups excluding carboxylic acids is 1. The molecule has 0 saturated carbocycles. The second-order valence-corrected chi connectivity index (χ2v) is 8.66. The van der Waals surface area contributed by atoms with E-state index < -0.39 is 0 Å². The van der Waals surface area contributed by atoms with E-state index in [1.54, 1.807) is 10.9 Å². The molecule has 1 aliphatic heterocycles. The second kappa shape index (κ2) is 8.64. The fourth-order valence-corrected chi connectivity index (χ4v) is 4.12. The van der Waals surface area contributed by atoms with Gasteiger partial charge in [0.05, 0.1) is 17.8 Å². The van der Waals surface area contributed by atoms with E-state index in [1.165, 1.54) is 0 Å². The van der Waals surface area contributed by atoms with E-state index in [1.807, 2.05) is 42.3 Å². The largest absolute Gasteiger partial charge is 0.445 e. The van der Waals surface area contributed by atoms with Crippen molar-refractivity contribution < 1.29 is 9.21 Å². The van der Waals surface area contributed by atoms with Gasteiger partial charge in [-0.25, -0.2) is 4.98 Å². The zero-order valence-electron chi connectivity index (χ0n) is 17.6. The minimum absolute atomic E-state index is 0.0180. The molecule has 2 aromatic heterocycles. The second-order valence-electron chi connectivity index (χ2n) is 8.26. The molecule has 3 heterocycles. The molecule has 4 rings (SSSR count). The number of aromatic nitrogens is 3. The molecule has 158 valence electrons. The molecule has 1 aromatic carbocycles. The molecule has 0 aliphatic carbocycles. The van der Waals surface area contributed by atoms with Gasteiger partial charge in [-0.2, -0.15) is 5.10 Å². The molecule has 6 nitrogen and oxygen atoms in total. The number of piperidine rings is 1.